The Morgan fingerprint density at radius 3 is 2.42 bits per heavy atom. The molecular formula is C5H10NO5P. The van der Waals surface area contributed by atoms with Crippen molar-refractivity contribution in [2.24, 2.45) is 5.73 Å². The first-order valence-corrected chi connectivity index (χ1v) is 4.82. The van der Waals surface area contributed by atoms with Crippen LogP contribution in [0.1, 0.15) is 0 Å². The third-order valence-corrected chi connectivity index (χ3v) is 1.66. The SMILES string of the molecule is N[C@@H](/C=C\CP(=O)(O)O)C(=O)O. The quantitative estimate of drug-likeness (QED) is 0.342. The summed E-state index contributed by atoms with van der Waals surface area (Å²) in [6, 6.07) is -1.21. The smallest absolute Gasteiger partial charge is 0.329 e. The van der Waals surface area contributed by atoms with Crippen LogP contribution in [0.2, 0.25) is 0 Å². The Bertz CT molecular complexity index is 232. The fraction of sp³-hybridized carbons (Fsp3) is 0.400. The molecule has 0 aromatic rings. The molecule has 0 spiro atoms. The Morgan fingerprint density at radius 1 is 1.58 bits per heavy atom. The lowest BCUT2D eigenvalue weighted by Crippen LogP contribution is -2.27. The number of carboxylic acid groups (broad SMARTS) is 1. The summed E-state index contributed by atoms with van der Waals surface area (Å²) in [4.78, 5) is 26.8. The summed E-state index contributed by atoms with van der Waals surface area (Å²) in [6.45, 7) is 0. The number of carbonyl (C=O) groups is 1. The summed E-state index contributed by atoms with van der Waals surface area (Å²) in [5, 5.41) is 8.24. The van der Waals surface area contributed by atoms with Crippen LogP contribution in [0.3, 0.4) is 0 Å². The molecule has 1 atom stereocenters. The zero-order chi connectivity index (χ0) is 9.78. The molecule has 0 heterocycles. The number of hydrogen-bond donors (Lipinski definition) is 4. The van der Waals surface area contributed by atoms with Crippen LogP contribution in [0, 0.1) is 0 Å². The molecule has 0 aliphatic rings. The second-order valence-corrected chi connectivity index (χ2v) is 3.83. The predicted molar refractivity (Wildman–Crippen MR) is 41.7 cm³/mol. The number of rotatable bonds is 4. The van der Waals surface area contributed by atoms with E-state index in [1.165, 1.54) is 0 Å². The molecule has 0 rings (SSSR count). The van der Waals surface area contributed by atoms with Crippen molar-refractivity contribution >= 4 is 13.6 Å². The van der Waals surface area contributed by atoms with Crippen LogP contribution >= 0.6 is 7.60 Å². The Labute approximate surface area is 68.9 Å². The van der Waals surface area contributed by atoms with Crippen molar-refractivity contribution in [1.29, 1.82) is 0 Å². The summed E-state index contributed by atoms with van der Waals surface area (Å²) < 4.78 is 10.2. The van der Waals surface area contributed by atoms with Gasteiger partial charge in [0.2, 0.25) is 0 Å². The van der Waals surface area contributed by atoms with Crippen LogP contribution in [0.4, 0.5) is 0 Å². The number of allylic oxidation sites excluding steroid dienone is 1. The van der Waals surface area contributed by atoms with Gasteiger partial charge in [0.25, 0.3) is 0 Å². The van der Waals surface area contributed by atoms with Gasteiger partial charge in [-0.15, -0.1) is 0 Å². The van der Waals surface area contributed by atoms with Crippen molar-refractivity contribution in [1.82, 2.24) is 0 Å². The molecule has 5 N–H and O–H groups in total. The number of aliphatic carboxylic acids is 1. The standard InChI is InChI=1S/C5H10NO5P/c6-4(5(7)8)2-1-3-12(9,10)11/h1-2,4H,3,6H2,(H,7,8)(H2,9,10,11)/b2-1-/t4-/m0/s1. The van der Waals surface area contributed by atoms with Crippen LogP contribution in [-0.2, 0) is 9.36 Å². The first-order valence-electron chi connectivity index (χ1n) is 3.02. The minimum Gasteiger partial charge on any atom is -0.480 e. The third-order valence-electron chi connectivity index (χ3n) is 0.972. The van der Waals surface area contributed by atoms with Crippen molar-refractivity contribution in [3.05, 3.63) is 12.2 Å². The second-order valence-electron chi connectivity index (χ2n) is 2.14. The van der Waals surface area contributed by atoms with Gasteiger partial charge in [-0.2, -0.15) is 0 Å². The average molecular weight is 195 g/mol. The second kappa shape index (κ2) is 4.37. The maximum absolute atomic E-state index is 10.2. The van der Waals surface area contributed by atoms with Gasteiger partial charge in [-0.3, -0.25) is 9.36 Å². The Hall–Kier alpha value is -0.680. The third kappa shape index (κ3) is 6.06. The molecule has 0 radical (unpaired) electrons. The minimum absolute atomic E-state index is 0.492. The molecule has 12 heavy (non-hydrogen) atoms. The monoisotopic (exact) mass is 195 g/mol. The van der Waals surface area contributed by atoms with E-state index in [1.807, 2.05) is 0 Å². The number of nitrogens with two attached hydrogens (primary N) is 1. The first kappa shape index (κ1) is 11.3. The fourth-order valence-corrected chi connectivity index (χ4v) is 0.823. The highest BCUT2D eigenvalue weighted by Gasteiger charge is 2.10. The van der Waals surface area contributed by atoms with Crippen molar-refractivity contribution in [2.45, 2.75) is 6.04 Å². The number of hydrogen-bond acceptors (Lipinski definition) is 3. The molecule has 0 unspecified atom stereocenters. The summed E-state index contributed by atoms with van der Waals surface area (Å²) >= 11 is 0. The maximum atomic E-state index is 10.2. The van der Waals surface area contributed by atoms with E-state index in [1.54, 1.807) is 0 Å². The average Bonchev–Trinajstić information content (AvgIpc) is 1.84. The molecule has 70 valence electrons. The van der Waals surface area contributed by atoms with Crippen LogP contribution in [0.25, 0.3) is 0 Å². The van der Waals surface area contributed by atoms with Gasteiger partial charge in [-0.25, -0.2) is 0 Å². The molecule has 0 saturated carbocycles. The molecule has 7 heteroatoms. The zero-order valence-corrected chi connectivity index (χ0v) is 7.02. The lowest BCUT2D eigenvalue weighted by Gasteiger charge is -1.99. The highest BCUT2D eigenvalue weighted by Crippen LogP contribution is 2.33. The summed E-state index contributed by atoms with van der Waals surface area (Å²) in [5.74, 6) is -1.24. The van der Waals surface area contributed by atoms with Gasteiger partial charge >= 0.3 is 13.6 Å². The van der Waals surface area contributed by atoms with E-state index >= 15 is 0 Å². The normalized spacial score (nSPS) is 14.9. The maximum Gasteiger partial charge on any atom is 0.329 e. The van der Waals surface area contributed by atoms with Gasteiger partial charge in [-0.05, 0) is 0 Å². The molecule has 0 aromatic heterocycles. The van der Waals surface area contributed by atoms with E-state index in [2.05, 4.69) is 0 Å². The van der Waals surface area contributed by atoms with Crippen LogP contribution in [0.15, 0.2) is 12.2 Å². The van der Waals surface area contributed by atoms with Gasteiger partial charge in [0.05, 0.1) is 6.16 Å². The van der Waals surface area contributed by atoms with E-state index < -0.39 is 25.8 Å². The van der Waals surface area contributed by atoms with E-state index in [0.717, 1.165) is 12.2 Å². The van der Waals surface area contributed by atoms with Crippen LogP contribution in [-0.4, -0.2) is 33.1 Å². The topological polar surface area (TPSA) is 121 Å². The van der Waals surface area contributed by atoms with Gasteiger partial charge in [0.1, 0.15) is 6.04 Å². The summed E-state index contributed by atoms with van der Waals surface area (Å²) in [7, 11) is -4.09. The minimum atomic E-state index is -4.09. The molecular weight excluding hydrogens is 185 g/mol. The van der Waals surface area contributed by atoms with Gasteiger partial charge in [0, 0.05) is 0 Å². The zero-order valence-electron chi connectivity index (χ0n) is 6.12. The van der Waals surface area contributed by atoms with Gasteiger partial charge in [0.15, 0.2) is 0 Å². The highest BCUT2D eigenvalue weighted by atomic mass is 31.2. The molecule has 6 nitrogen and oxygen atoms in total. The van der Waals surface area contributed by atoms with Crippen molar-refractivity contribution in [2.75, 3.05) is 6.16 Å². The highest BCUT2D eigenvalue weighted by molar-refractivity contribution is 7.51. The Balaban J connectivity index is 3.93. The molecule has 0 aliphatic carbocycles. The van der Waals surface area contributed by atoms with Gasteiger partial charge < -0.3 is 20.6 Å². The molecule has 0 fully saturated rings. The summed E-state index contributed by atoms with van der Waals surface area (Å²) in [5.41, 5.74) is 5.01. The molecule has 0 saturated heterocycles. The van der Waals surface area contributed by atoms with Crippen LogP contribution < -0.4 is 5.73 Å². The number of carboxylic acids is 1. The molecule has 0 bridgehead atoms. The van der Waals surface area contributed by atoms with E-state index in [9.17, 15) is 9.36 Å². The molecule has 0 aromatic carbocycles. The van der Waals surface area contributed by atoms with E-state index in [0.29, 0.717) is 0 Å². The van der Waals surface area contributed by atoms with Crippen molar-refractivity contribution in [3.8, 4) is 0 Å². The fourth-order valence-electron chi connectivity index (χ4n) is 0.427. The van der Waals surface area contributed by atoms with Crippen molar-refractivity contribution in [3.63, 3.8) is 0 Å². The van der Waals surface area contributed by atoms with Gasteiger partial charge in [-0.1, -0.05) is 12.2 Å². The van der Waals surface area contributed by atoms with E-state index in [-0.39, 0.29) is 0 Å². The lowest BCUT2D eigenvalue weighted by atomic mass is 10.3. The van der Waals surface area contributed by atoms with E-state index in [4.69, 9.17) is 20.6 Å². The largest absolute Gasteiger partial charge is 0.480 e. The van der Waals surface area contributed by atoms with Crippen molar-refractivity contribution < 1.29 is 24.3 Å². The Kier molecular flexibility index (Phi) is 4.12. The molecule has 0 aliphatic heterocycles. The predicted octanol–water partition coefficient (Wildman–Crippen LogP) is -0.868. The first-order chi connectivity index (χ1) is 5.33. The summed E-state index contributed by atoms with van der Waals surface area (Å²) in [6.07, 6.45) is 1.59. The van der Waals surface area contributed by atoms with Crippen LogP contribution in [0.5, 0.6) is 0 Å². The lowest BCUT2D eigenvalue weighted by molar-refractivity contribution is -0.137. The Morgan fingerprint density at radius 2 is 2.08 bits per heavy atom. The molecule has 0 amide bonds.